The van der Waals surface area contributed by atoms with Gasteiger partial charge in [-0.15, -0.1) is 0 Å². The number of aromatic nitrogens is 9. The average molecular weight is 1140 g/mol. The van der Waals surface area contributed by atoms with E-state index in [2.05, 4.69) is 75.3 Å². The number of amides is 1. The van der Waals surface area contributed by atoms with Gasteiger partial charge in [0.1, 0.15) is 77.0 Å². The lowest BCUT2D eigenvalue weighted by Gasteiger charge is -2.32. The van der Waals surface area contributed by atoms with Gasteiger partial charge >= 0.3 is 0 Å². The largest absolute Gasteiger partial charge is 0.491 e. The minimum Gasteiger partial charge on any atom is -0.491 e. The topological polar surface area (TPSA) is 237 Å². The summed E-state index contributed by atoms with van der Waals surface area (Å²) in [7, 11) is 1.62. The molecule has 6 bridgehead atoms. The summed E-state index contributed by atoms with van der Waals surface area (Å²) in [6.45, 7) is 14.8. The van der Waals surface area contributed by atoms with Gasteiger partial charge in [0, 0.05) is 66.8 Å². The number of fused-ring (bicyclic) bond motifs is 6. The lowest BCUT2D eigenvalue weighted by Crippen LogP contribution is -2.35. The molecule has 6 aromatic heterocycles. The SMILES string of the molecule is C=C1NCCOc2ccc(F)cc2[C@@H](CCF)Nc2ccn3ncc1c3n2.C=C1NC[C@@H](COC)Oc2ccc(F)cc2[C@@H](C)Nc2ccn3ncc1c3n2.CC(C)(O)[C@H]1Nc2ccn3ncc(c3n2)C(=O)NCCOc2ccc(F)cc21. The number of benzene rings is 3. The van der Waals surface area contributed by atoms with Gasteiger partial charge in [0.25, 0.3) is 5.91 Å². The maximum Gasteiger partial charge on any atom is 0.256 e. The molecule has 3 aliphatic rings. The molecular formula is C58H61F4N15O6. The third kappa shape index (κ3) is 13.0. The number of nitrogens with zero attached hydrogens (tertiary/aromatic N) is 9. The van der Waals surface area contributed by atoms with Crippen molar-refractivity contribution in [3.05, 3.63) is 174 Å². The van der Waals surface area contributed by atoms with Gasteiger partial charge in [-0.2, -0.15) is 15.3 Å². The van der Waals surface area contributed by atoms with Crippen LogP contribution in [-0.4, -0.2) is 120 Å². The summed E-state index contributed by atoms with van der Waals surface area (Å²) in [5, 5.41) is 42.4. The first-order valence-electron chi connectivity index (χ1n) is 26.6. The zero-order chi connectivity index (χ0) is 58.4. The standard InChI is InChI=1S/C20H22FN5O2.C19H19F2N5O.C19H20FN5O3/c1-12-17-10-23-26-7-6-19(25-20(17)26)24-13(2)16-8-14(21)4-5-18(16)28-15(9-22-12)11-27-3;1-12-15-11-23-26-8-5-18(25-19(15)26)24-16(4-6-20)14-10-13(21)2-3-17(14)27-9-7-22-12;1-19(2,27)16-12-9-11(20)3-4-14(12)28-8-6-21-18(26)13-10-22-25-7-5-15(23-16)24-17(13)25/h4-8,10,13,15,22H,1,9,11H2,2-3H3,(H,24,25);2-3,5,8,10-11,16,22H,1,4,6-7,9H2,(H,24,25);3-5,7,9-10,16,27H,6,8H2,1-2H3,(H,21,26)(H,23,24)/t13-,15+;2*16-/m110/s1. The third-order valence-corrected chi connectivity index (χ3v) is 13.7. The fourth-order valence-electron chi connectivity index (χ4n) is 9.58. The molecule has 1 amide bonds. The second kappa shape index (κ2) is 24.7. The number of hydrogen-bond donors (Lipinski definition) is 7. The molecule has 21 nitrogen and oxygen atoms in total. The van der Waals surface area contributed by atoms with Crippen LogP contribution in [0.5, 0.6) is 17.2 Å². The smallest absolute Gasteiger partial charge is 0.256 e. The van der Waals surface area contributed by atoms with E-state index in [1.54, 1.807) is 79.0 Å². The number of ether oxygens (including phenoxy) is 4. The molecule has 7 N–H and O–H groups in total. The quantitative estimate of drug-likeness (QED) is 0.0803. The molecule has 0 saturated heterocycles. The van der Waals surface area contributed by atoms with E-state index < -0.39 is 36.0 Å². The lowest BCUT2D eigenvalue weighted by molar-refractivity contribution is 0.0576. The number of carbonyl (C=O) groups is 1. The zero-order valence-corrected chi connectivity index (χ0v) is 45.8. The highest BCUT2D eigenvalue weighted by molar-refractivity contribution is 5.99. The van der Waals surface area contributed by atoms with Crippen LogP contribution in [0, 0.1) is 17.5 Å². The third-order valence-electron chi connectivity index (χ3n) is 13.7. The number of halogens is 4. The molecule has 3 aliphatic heterocycles. The molecular weight excluding hydrogens is 1080 g/mol. The van der Waals surface area contributed by atoms with Crippen molar-refractivity contribution in [3.8, 4) is 17.2 Å². The van der Waals surface area contributed by atoms with Crippen LogP contribution >= 0.6 is 0 Å². The number of nitrogens with one attached hydrogen (secondary N) is 6. The summed E-state index contributed by atoms with van der Waals surface area (Å²) in [6, 6.07) is 16.7. The number of carbonyl (C=O) groups excluding carboxylic acids is 1. The second-order valence-corrected chi connectivity index (χ2v) is 20.1. The van der Waals surface area contributed by atoms with E-state index in [9.17, 15) is 27.5 Å². The molecule has 4 atom stereocenters. The van der Waals surface area contributed by atoms with Crippen LogP contribution in [0.3, 0.4) is 0 Å². The van der Waals surface area contributed by atoms with Crippen molar-refractivity contribution in [1.29, 1.82) is 0 Å². The van der Waals surface area contributed by atoms with Gasteiger partial charge in [0.2, 0.25) is 0 Å². The summed E-state index contributed by atoms with van der Waals surface area (Å²) in [5.74, 6) is 1.62. The van der Waals surface area contributed by atoms with E-state index in [4.69, 9.17) is 18.9 Å². The van der Waals surface area contributed by atoms with E-state index >= 15 is 0 Å². The highest BCUT2D eigenvalue weighted by Crippen LogP contribution is 2.37. The van der Waals surface area contributed by atoms with Crippen LogP contribution in [0.1, 0.15) is 83.5 Å². The Bertz CT molecular complexity index is 3830. The lowest BCUT2D eigenvalue weighted by atomic mass is 9.91. The molecule has 9 heterocycles. The summed E-state index contributed by atoms with van der Waals surface area (Å²) in [4.78, 5) is 26.2. The minimum absolute atomic E-state index is 0.156. The van der Waals surface area contributed by atoms with E-state index in [-0.39, 0.29) is 43.4 Å². The van der Waals surface area contributed by atoms with Crippen LogP contribution in [0.2, 0.25) is 0 Å². The Morgan fingerprint density at radius 1 is 0.663 bits per heavy atom. The molecule has 0 spiro atoms. The predicted molar refractivity (Wildman–Crippen MR) is 304 cm³/mol. The number of aliphatic hydroxyl groups is 1. The Morgan fingerprint density at radius 3 is 1.73 bits per heavy atom. The van der Waals surface area contributed by atoms with Gasteiger partial charge in [-0.25, -0.2) is 41.7 Å². The van der Waals surface area contributed by atoms with E-state index in [1.165, 1.54) is 53.2 Å². The summed E-state index contributed by atoms with van der Waals surface area (Å²) in [5.41, 5.74) is 5.38. The molecule has 0 unspecified atom stereocenters. The number of hydrogen-bond acceptors (Lipinski definition) is 17. The van der Waals surface area contributed by atoms with Crippen molar-refractivity contribution in [3.63, 3.8) is 0 Å². The van der Waals surface area contributed by atoms with Gasteiger partial charge < -0.3 is 56.0 Å². The summed E-state index contributed by atoms with van der Waals surface area (Å²) < 4.78 is 82.9. The summed E-state index contributed by atoms with van der Waals surface area (Å²) >= 11 is 0. The Morgan fingerprint density at radius 2 is 1.16 bits per heavy atom. The van der Waals surface area contributed by atoms with E-state index in [0.29, 0.717) is 112 Å². The van der Waals surface area contributed by atoms with Crippen LogP contribution in [0.25, 0.3) is 28.3 Å². The van der Waals surface area contributed by atoms with Gasteiger partial charge in [-0.05, 0) is 93.6 Å². The summed E-state index contributed by atoms with van der Waals surface area (Å²) in [6.07, 6.45) is 9.96. The first-order valence-corrected chi connectivity index (χ1v) is 26.6. The molecule has 432 valence electrons. The molecule has 3 aromatic carbocycles. The Hall–Kier alpha value is -9.49. The Balaban J connectivity index is 0.000000139. The Kier molecular flexibility index (Phi) is 16.9. The molecule has 0 aliphatic carbocycles. The van der Waals surface area contributed by atoms with Crippen molar-refractivity contribution in [2.45, 2.75) is 57.0 Å². The van der Waals surface area contributed by atoms with Gasteiger partial charge in [-0.1, -0.05) is 13.2 Å². The monoisotopic (exact) mass is 1140 g/mol. The second-order valence-electron chi connectivity index (χ2n) is 20.1. The molecule has 83 heavy (non-hydrogen) atoms. The first kappa shape index (κ1) is 56.8. The number of anilines is 3. The maximum atomic E-state index is 14.0. The van der Waals surface area contributed by atoms with Gasteiger partial charge in [0.15, 0.2) is 16.9 Å². The molecule has 9 aromatic rings. The van der Waals surface area contributed by atoms with Crippen molar-refractivity contribution >= 4 is 51.7 Å². The van der Waals surface area contributed by atoms with Crippen LogP contribution < -0.4 is 46.1 Å². The number of alkyl halides is 1. The minimum atomic E-state index is -1.27. The van der Waals surface area contributed by atoms with Crippen LogP contribution in [-0.2, 0) is 4.74 Å². The normalized spacial score (nSPS) is 18.1. The molecule has 0 radical (unpaired) electrons. The average Bonchev–Trinajstić information content (AvgIpc) is 4.46. The highest BCUT2D eigenvalue weighted by Gasteiger charge is 2.33. The highest BCUT2D eigenvalue weighted by atomic mass is 19.1. The Labute approximate surface area is 473 Å². The number of rotatable bonds is 5. The fraction of sp³-hybridized carbons (Fsp3) is 0.293. The number of methoxy groups -OCH3 is 1. The molecule has 12 rings (SSSR count). The van der Waals surface area contributed by atoms with E-state index in [0.717, 1.165) is 11.1 Å². The van der Waals surface area contributed by atoms with E-state index in [1.807, 2.05) is 19.2 Å². The van der Waals surface area contributed by atoms with Crippen molar-refractivity contribution < 1.29 is 46.4 Å². The first-order chi connectivity index (χ1) is 40.0. The fourth-order valence-corrected chi connectivity index (χ4v) is 9.58. The van der Waals surface area contributed by atoms with Crippen LogP contribution in [0.4, 0.5) is 35.0 Å². The zero-order valence-electron chi connectivity index (χ0n) is 45.8. The molecule has 0 fully saturated rings. The van der Waals surface area contributed by atoms with Crippen molar-refractivity contribution in [1.82, 2.24) is 59.7 Å². The predicted octanol–water partition coefficient (Wildman–Crippen LogP) is 8.26. The molecule has 0 saturated carbocycles. The maximum absolute atomic E-state index is 14.0. The van der Waals surface area contributed by atoms with Crippen molar-refractivity contribution in [2.24, 2.45) is 0 Å². The molecule has 25 heteroatoms. The van der Waals surface area contributed by atoms with Crippen molar-refractivity contribution in [2.75, 3.05) is 69.2 Å². The van der Waals surface area contributed by atoms with Gasteiger partial charge in [-0.3, -0.25) is 9.18 Å². The van der Waals surface area contributed by atoms with Gasteiger partial charge in [0.05, 0.1) is 79.8 Å². The van der Waals surface area contributed by atoms with Crippen LogP contribution in [0.15, 0.2) is 123 Å².